The SMILES string of the molecule is CCCCC=CC1=C(C)CCC(C)=CC=C1C. The predicted molar refractivity (Wildman–Crippen MR) is 78.1 cm³/mol. The minimum absolute atomic E-state index is 1.20. The minimum Gasteiger partial charge on any atom is -0.0839 e. The third kappa shape index (κ3) is 4.77. The Morgan fingerprint density at radius 1 is 1.12 bits per heavy atom. The number of hydrogen-bond acceptors (Lipinski definition) is 0. The van der Waals surface area contributed by atoms with Crippen LogP contribution in [0.2, 0.25) is 0 Å². The van der Waals surface area contributed by atoms with Gasteiger partial charge in [0.05, 0.1) is 0 Å². The van der Waals surface area contributed by atoms with E-state index in [0.717, 1.165) is 0 Å². The molecule has 1 rings (SSSR count). The van der Waals surface area contributed by atoms with Crippen LogP contribution in [0.1, 0.15) is 59.8 Å². The molecule has 0 heterocycles. The molecule has 0 radical (unpaired) electrons. The van der Waals surface area contributed by atoms with E-state index in [1.807, 2.05) is 0 Å². The smallest absolute Gasteiger partial charge is 0.0241 e. The highest BCUT2D eigenvalue weighted by molar-refractivity contribution is 5.44. The molecular formula is C17H26. The first kappa shape index (κ1) is 14.0. The molecule has 0 aromatic heterocycles. The second kappa shape index (κ2) is 7.32. The summed E-state index contributed by atoms with van der Waals surface area (Å²) < 4.78 is 0. The Labute approximate surface area is 107 Å². The fourth-order valence-electron chi connectivity index (χ4n) is 2.09. The molecule has 1 aliphatic rings. The van der Waals surface area contributed by atoms with Gasteiger partial charge in [0, 0.05) is 0 Å². The summed E-state index contributed by atoms with van der Waals surface area (Å²) in [5.41, 5.74) is 5.86. The summed E-state index contributed by atoms with van der Waals surface area (Å²) >= 11 is 0. The first-order chi connectivity index (χ1) is 8.15. The molecule has 0 N–H and O–H groups in total. The van der Waals surface area contributed by atoms with Crippen LogP contribution in [0, 0.1) is 0 Å². The summed E-state index contributed by atoms with van der Waals surface area (Å²) in [5, 5.41) is 0. The molecule has 0 unspecified atom stereocenters. The number of unbranched alkanes of at least 4 members (excludes halogenated alkanes) is 2. The van der Waals surface area contributed by atoms with Crippen LogP contribution in [0.15, 0.2) is 46.6 Å². The molecule has 0 saturated carbocycles. The zero-order chi connectivity index (χ0) is 12.7. The second-order valence-corrected chi connectivity index (χ2v) is 5.10. The highest BCUT2D eigenvalue weighted by atomic mass is 14.1. The molecule has 1 aliphatic carbocycles. The van der Waals surface area contributed by atoms with Gasteiger partial charge in [-0.25, -0.2) is 0 Å². The largest absolute Gasteiger partial charge is 0.0839 e. The van der Waals surface area contributed by atoms with Crippen LogP contribution in [0.4, 0.5) is 0 Å². The molecule has 0 amide bonds. The van der Waals surface area contributed by atoms with Gasteiger partial charge in [0.15, 0.2) is 0 Å². The van der Waals surface area contributed by atoms with Gasteiger partial charge in [0.1, 0.15) is 0 Å². The van der Waals surface area contributed by atoms with Crippen molar-refractivity contribution in [1.29, 1.82) is 0 Å². The maximum atomic E-state index is 2.33. The van der Waals surface area contributed by atoms with Crippen molar-refractivity contribution in [3.8, 4) is 0 Å². The van der Waals surface area contributed by atoms with Crippen molar-refractivity contribution in [3.63, 3.8) is 0 Å². The average Bonchev–Trinajstić information content (AvgIpc) is 2.32. The molecular weight excluding hydrogens is 204 g/mol. The standard InChI is InChI=1S/C17H26/c1-5-6-7-8-9-17-15(3)12-10-14(2)11-13-16(17)4/h8-10,12H,5-7,11,13H2,1-4H3. The molecule has 0 nitrogen and oxygen atoms in total. The van der Waals surface area contributed by atoms with Crippen LogP contribution in [0.3, 0.4) is 0 Å². The molecule has 17 heavy (non-hydrogen) atoms. The molecule has 0 aromatic rings. The van der Waals surface area contributed by atoms with Gasteiger partial charge in [0.25, 0.3) is 0 Å². The van der Waals surface area contributed by atoms with E-state index in [-0.39, 0.29) is 0 Å². The Bertz CT molecular complexity index is 361. The number of hydrogen-bond donors (Lipinski definition) is 0. The minimum atomic E-state index is 1.20. The van der Waals surface area contributed by atoms with Gasteiger partial charge >= 0.3 is 0 Å². The van der Waals surface area contributed by atoms with Crippen LogP contribution in [-0.4, -0.2) is 0 Å². The molecule has 0 aliphatic heterocycles. The van der Waals surface area contributed by atoms with Crippen LogP contribution < -0.4 is 0 Å². The maximum absolute atomic E-state index is 2.33. The van der Waals surface area contributed by atoms with E-state index >= 15 is 0 Å². The monoisotopic (exact) mass is 230 g/mol. The number of rotatable bonds is 4. The van der Waals surface area contributed by atoms with E-state index in [0.29, 0.717) is 0 Å². The summed E-state index contributed by atoms with van der Waals surface area (Å²) in [6.45, 7) is 8.96. The maximum Gasteiger partial charge on any atom is -0.0241 e. The molecule has 0 saturated heterocycles. The predicted octanol–water partition coefficient (Wildman–Crippen LogP) is 5.74. The average molecular weight is 230 g/mol. The van der Waals surface area contributed by atoms with Gasteiger partial charge < -0.3 is 0 Å². The lowest BCUT2D eigenvalue weighted by Gasteiger charge is -2.12. The van der Waals surface area contributed by atoms with Gasteiger partial charge in [-0.2, -0.15) is 0 Å². The van der Waals surface area contributed by atoms with Crippen molar-refractivity contribution < 1.29 is 0 Å². The first-order valence-corrected chi connectivity index (χ1v) is 6.86. The number of allylic oxidation sites excluding steroid dienone is 8. The van der Waals surface area contributed by atoms with Crippen molar-refractivity contribution in [2.45, 2.75) is 59.8 Å². The van der Waals surface area contributed by atoms with E-state index in [4.69, 9.17) is 0 Å². The molecule has 94 valence electrons. The third-order valence-electron chi connectivity index (χ3n) is 3.41. The summed E-state index contributed by atoms with van der Waals surface area (Å²) in [7, 11) is 0. The van der Waals surface area contributed by atoms with E-state index in [1.54, 1.807) is 0 Å². The Balaban J connectivity index is 2.82. The van der Waals surface area contributed by atoms with E-state index in [2.05, 4.69) is 52.0 Å². The fourth-order valence-corrected chi connectivity index (χ4v) is 2.09. The fraction of sp³-hybridized carbons (Fsp3) is 0.529. The quantitative estimate of drug-likeness (QED) is 0.540. The van der Waals surface area contributed by atoms with Crippen LogP contribution in [0.25, 0.3) is 0 Å². The molecule has 0 aromatic carbocycles. The third-order valence-corrected chi connectivity index (χ3v) is 3.41. The zero-order valence-electron chi connectivity index (χ0n) is 11.8. The molecule has 0 heteroatoms. The highest BCUT2D eigenvalue weighted by Gasteiger charge is 2.04. The van der Waals surface area contributed by atoms with Gasteiger partial charge in [-0.1, -0.05) is 55.2 Å². The van der Waals surface area contributed by atoms with E-state index in [1.165, 1.54) is 54.4 Å². The van der Waals surface area contributed by atoms with Gasteiger partial charge in [0.2, 0.25) is 0 Å². The highest BCUT2D eigenvalue weighted by Crippen LogP contribution is 2.24. The van der Waals surface area contributed by atoms with E-state index < -0.39 is 0 Å². The van der Waals surface area contributed by atoms with Gasteiger partial charge in [-0.15, -0.1) is 0 Å². The Kier molecular flexibility index (Phi) is 6.04. The van der Waals surface area contributed by atoms with Crippen LogP contribution in [-0.2, 0) is 0 Å². The van der Waals surface area contributed by atoms with Crippen molar-refractivity contribution in [3.05, 3.63) is 46.6 Å². The summed E-state index contributed by atoms with van der Waals surface area (Å²) in [6, 6.07) is 0. The Hall–Kier alpha value is -1.04. The van der Waals surface area contributed by atoms with Crippen molar-refractivity contribution >= 4 is 0 Å². The lowest BCUT2D eigenvalue weighted by atomic mass is 9.93. The zero-order valence-corrected chi connectivity index (χ0v) is 11.8. The van der Waals surface area contributed by atoms with Gasteiger partial charge in [-0.3, -0.25) is 0 Å². The van der Waals surface area contributed by atoms with Crippen molar-refractivity contribution in [2.24, 2.45) is 0 Å². The summed E-state index contributed by atoms with van der Waals surface area (Å²) in [6.07, 6.45) is 15.4. The summed E-state index contributed by atoms with van der Waals surface area (Å²) in [4.78, 5) is 0. The molecule has 0 bridgehead atoms. The lowest BCUT2D eigenvalue weighted by Crippen LogP contribution is -1.93. The Morgan fingerprint density at radius 3 is 2.59 bits per heavy atom. The van der Waals surface area contributed by atoms with Crippen LogP contribution >= 0.6 is 0 Å². The molecule has 0 atom stereocenters. The normalized spacial score (nSPS) is 17.9. The van der Waals surface area contributed by atoms with Gasteiger partial charge in [-0.05, 0) is 51.2 Å². The Morgan fingerprint density at radius 2 is 1.88 bits per heavy atom. The second-order valence-electron chi connectivity index (χ2n) is 5.10. The molecule has 0 fully saturated rings. The van der Waals surface area contributed by atoms with E-state index in [9.17, 15) is 0 Å². The molecule has 0 spiro atoms. The summed E-state index contributed by atoms with van der Waals surface area (Å²) in [5.74, 6) is 0. The van der Waals surface area contributed by atoms with Crippen molar-refractivity contribution in [2.75, 3.05) is 0 Å². The van der Waals surface area contributed by atoms with Crippen molar-refractivity contribution in [1.82, 2.24) is 0 Å². The van der Waals surface area contributed by atoms with Crippen LogP contribution in [0.5, 0.6) is 0 Å². The first-order valence-electron chi connectivity index (χ1n) is 6.86. The topological polar surface area (TPSA) is 0 Å². The lowest BCUT2D eigenvalue weighted by molar-refractivity contribution is 0.814.